The molecule has 0 aliphatic heterocycles. The van der Waals surface area contributed by atoms with Gasteiger partial charge in [-0.1, -0.05) is 48.9 Å². The fourth-order valence-corrected chi connectivity index (χ4v) is 3.82. The summed E-state index contributed by atoms with van der Waals surface area (Å²) in [4.78, 5) is 12.3. The van der Waals surface area contributed by atoms with Crippen LogP contribution in [0.4, 0.5) is 5.69 Å². The van der Waals surface area contributed by atoms with Crippen molar-refractivity contribution in [2.75, 3.05) is 10.8 Å². The van der Waals surface area contributed by atoms with Crippen molar-refractivity contribution in [3.05, 3.63) is 59.6 Å². The number of benzene rings is 2. The summed E-state index contributed by atoms with van der Waals surface area (Å²) in [5.41, 5.74) is 3.33. The highest BCUT2D eigenvalue weighted by atomic mass is 35.5. The Kier molecular flexibility index (Phi) is 6.76. The monoisotopic (exact) mass is 393 g/mol. The number of sulfonamides is 1. The van der Waals surface area contributed by atoms with E-state index in [-0.39, 0.29) is 15.6 Å². The van der Waals surface area contributed by atoms with E-state index in [1.54, 1.807) is 49.4 Å². The third-order valence-corrected chi connectivity index (χ3v) is 5.72. The van der Waals surface area contributed by atoms with Gasteiger partial charge in [0.25, 0.3) is 15.9 Å². The summed E-state index contributed by atoms with van der Waals surface area (Å²) in [5, 5.41) is 4.16. The molecule has 0 atom stereocenters. The lowest BCUT2D eigenvalue weighted by atomic mass is 10.3. The SMILES string of the molecule is CC/C(C)=N\NC(=O)CN(c1ccccc1Cl)S(=O)(=O)c1ccccc1. The standard InChI is InChI=1S/C18H20ClN3O3S/c1-3-14(2)20-21-18(23)13-22(17-12-8-7-11-16(17)19)26(24,25)15-9-5-4-6-10-15/h4-12H,3,13H2,1-2H3,(H,21,23)/b20-14-. The van der Waals surface area contributed by atoms with Crippen LogP contribution in [0.15, 0.2) is 64.6 Å². The summed E-state index contributed by atoms with van der Waals surface area (Å²) in [6.45, 7) is 3.23. The van der Waals surface area contributed by atoms with E-state index in [1.807, 2.05) is 6.92 Å². The van der Waals surface area contributed by atoms with Gasteiger partial charge in [-0.2, -0.15) is 5.10 Å². The van der Waals surface area contributed by atoms with Gasteiger partial charge in [0, 0.05) is 5.71 Å². The maximum Gasteiger partial charge on any atom is 0.264 e. The fourth-order valence-electron chi connectivity index (χ4n) is 2.08. The number of hydrazone groups is 1. The van der Waals surface area contributed by atoms with Crippen LogP contribution >= 0.6 is 11.6 Å². The Hall–Kier alpha value is -2.38. The Morgan fingerprint density at radius 2 is 1.73 bits per heavy atom. The van der Waals surface area contributed by atoms with Crippen molar-refractivity contribution in [1.29, 1.82) is 0 Å². The molecule has 2 rings (SSSR count). The first-order chi connectivity index (χ1) is 12.4. The third-order valence-electron chi connectivity index (χ3n) is 3.62. The molecule has 8 heteroatoms. The van der Waals surface area contributed by atoms with Crippen LogP contribution in [0.1, 0.15) is 20.3 Å². The molecule has 0 radical (unpaired) electrons. The van der Waals surface area contributed by atoms with E-state index >= 15 is 0 Å². The minimum atomic E-state index is -3.98. The summed E-state index contributed by atoms with van der Waals surface area (Å²) in [7, 11) is -3.98. The molecule has 0 aliphatic rings. The smallest absolute Gasteiger partial charge is 0.264 e. The zero-order valence-electron chi connectivity index (χ0n) is 14.5. The molecule has 138 valence electrons. The normalized spacial score (nSPS) is 11.9. The van der Waals surface area contributed by atoms with Crippen LogP contribution in [0, 0.1) is 0 Å². The van der Waals surface area contributed by atoms with E-state index in [1.165, 1.54) is 12.1 Å². The molecule has 0 bridgehead atoms. The van der Waals surface area contributed by atoms with Gasteiger partial charge >= 0.3 is 0 Å². The molecule has 0 aromatic heterocycles. The van der Waals surface area contributed by atoms with E-state index in [9.17, 15) is 13.2 Å². The first-order valence-corrected chi connectivity index (χ1v) is 9.82. The Morgan fingerprint density at radius 3 is 2.35 bits per heavy atom. The van der Waals surface area contributed by atoms with Crippen molar-refractivity contribution in [2.45, 2.75) is 25.2 Å². The number of nitrogens with one attached hydrogen (secondary N) is 1. The molecule has 6 nitrogen and oxygen atoms in total. The first-order valence-electron chi connectivity index (χ1n) is 8.00. The summed E-state index contributed by atoms with van der Waals surface area (Å²) >= 11 is 6.18. The highest BCUT2D eigenvalue weighted by Gasteiger charge is 2.28. The number of hydrogen-bond donors (Lipinski definition) is 1. The Morgan fingerprint density at radius 1 is 1.12 bits per heavy atom. The van der Waals surface area contributed by atoms with Gasteiger partial charge in [-0.15, -0.1) is 0 Å². The zero-order valence-corrected chi connectivity index (χ0v) is 16.1. The topological polar surface area (TPSA) is 78.8 Å². The van der Waals surface area contributed by atoms with E-state index in [0.29, 0.717) is 6.42 Å². The van der Waals surface area contributed by atoms with Gasteiger partial charge in [-0.25, -0.2) is 13.8 Å². The molecule has 2 aromatic carbocycles. The van der Waals surface area contributed by atoms with Crippen LogP contribution in [0.3, 0.4) is 0 Å². The van der Waals surface area contributed by atoms with Crippen molar-refractivity contribution in [3.63, 3.8) is 0 Å². The molecule has 0 heterocycles. The van der Waals surface area contributed by atoms with Crippen molar-refractivity contribution in [3.8, 4) is 0 Å². The number of carbonyl (C=O) groups excluding carboxylic acids is 1. The van der Waals surface area contributed by atoms with Crippen molar-refractivity contribution < 1.29 is 13.2 Å². The quantitative estimate of drug-likeness (QED) is 0.578. The number of hydrogen-bond acceptors (Lipinski definition) is 4. The molecule has 0 spiro atoms. The molecular weight excluding hydrogens is 374 g/mol. The molecule has 0 saturated carbocycles. The van der Waals surface area contributed by atoms with Crippen LogP contribution in [-0.2, 0) is 14.8 Å². The van der Waals surface area contributed by atoms with Gasteiger partial charge in [-0.05, 0) is 37.6 Å². The molecule has 0 fully saturated rings. The summed E-state index contributed by atoms with van der Waals surface area (Å²) < 4.78 is 27.1. The third kappa shape index (κ3) is 4.83. The first kappa shape index (κ1) is 19.9. The summed E-state index contributed by atoms with van der Waals surface area (Å²) in [5.74, 6) is -0.558. The molecule has 0 unspecified atom stereocenters. The van der Waals surface area contributed by atoms with Crippen LogP contribution in [0.25, 0.3) is 0 Å². The van der Waals surface area contributed by atoms with Crippen molar-refractivity contribution >= 4 is 38.9 Å². The highest BCUT2D eigenvalue weighted by Crippen LogP contribution is 2.30. The number of nitrogens with zero attached hydrogens (tertiary/aromatic N) is 2. The molecule has 0 aliphatic carbocycles. The summed E-state index contributed by atoms with van der Waals surface area (Å²) in [6, 6.07) is 14.4. The molecular formula is C18H20ClN3O3S. The lowest BCUT2D eigenvalue weighted by Gasteiger charge is -2.24. The fraction of sp³-hybridized carbons (Fsp3) is 0.222. The van der Waals surface area contributed by atoms with Gasteiger partial charge in [-0.3, -0.25) is 9.10 Å². The average Bonchev–Trinajstić information content (AvgIpc) is 2.65. The second kappa shape index (κ2) is 8.82. The van der Waals surface area contributed by atoms with Gasteiger partial charge in [0.05, 0.1) is 15.6 Å². The molecule has 26 heavy (non-hydrogen) atoms. The molecule has 0 saturated heterocycles. The van der Waals surface area contributed by atoms with Gasteiger partial charge in [0.1, 0.15) is 6.54 Å². The number of amides is 1. The number of halogens is 1. The van der Waals surface area contributed by atoms with Gasteiger partial charge in [0.2, 0.25) is 0 Å². The van der Waals surface area contributed by atoms with E-state index < -0.39 is 22.5 Å². The van der Waals surface area contributed by atoms with E-state index in [4.69, 9.17) is 11.6 Å². The number of rotatable bonds is 7. The minimum Gasteiger partial charge on any atom is -0.271 e. The van der Waals surface area contributed by atoms with Crippen LogP contribution in [-0.4, -0.2) is 26.6 Å². The predicted octanol–water partition coefficient (Wildman–Crippen LogP) is 3.44. The maximum atomic E-state index is 13.1. The average molecular weight is 394 g/mol. The van der Waals surface area contributed by atoms with Gasteiger partial charge in [0.15, 0.2) is 0 Å². The van der Waals surface area contributed by atoms with Crippen LogP contribution in [0.5, 0.6) is 0 Å². The molecule has 2 aromatic rings. The second-order valence-corrected chi connectivity index (χ2v) is 7.78. The van der Waals surface area contributed by atoms with Gasteiger partial charge < -0.3 is 0 Å². The minimum absolute atomic E-state index is 0.0703. The summed E-state index contributed by atoms with van der Waals surface area (Å²) in [6.07, 6.45) is 0.677. The lowest BCUT2D eigenvalue weighted by molar-refractivity contribution is -0.119. The Labute approximate surface area is 158 Å². The lowest BCUT2D eigenvalue weighted by Crippen LogP contribution is -2.39. The maximum absolute atomic E-state index is 13.1. The largest absolute Gasteiger partial charge is 0.271 e. The zero-order chi connectivity index (χ0) is 19.2. The number of anilines is 1. The second-order valence-electron chi connectivity index (χ2n) is 5.51. The van der Waals surface area contributed by atoms with Crippen LogP contribution < -0.4 is 9.73 Å². The predicted molar refractivity (Wildman–Crippen MR) is 104 cm³/mol. The Bertz CT molecular complexity index is 899. The Balaban J connectivity index is 2.41. The highest BCUT2D eigenvalue weighted by molar-refractivity contribution is 7.92. The van der Waals surface area contributed by atoms with E-state index in [0.717, 1.165) is 10.0 Å². The molecule has 1 amide bonds. The van der Waals surface area contributed by atoms with Crippen molar-refractivity contribution in [1.82, 2.24) is 5.43 Å². The van der Waals surface area contributed by atoms with Crippen LogP contribution in [0.2, 0.25) is 5.02 Å². The molecule has 1 N–H and O–H groups in total. The number of carbonyl (C=O) groups is 1. The van der Waals surface area contributed by atoms with E-state index in [2.05, 4.69) is 10.5 Å². The van der Waals surface area contributed by atoms with Crippen molar-refractivity contribution in [2.24, 2.45) is 5.10 Å². The number of para-hydroxylation sites is 1.